The topological polar surface area (TPSA) is 63.1 Å². The predicted molar refractivity (Wildman–Crippen MR) is 102 cm³/mol. The Morgan fingerprint density at radius 1 is 1.17 bits per heavy atom. The molecule has 3 saturated heterocycles. The van der Waals surface area contributed by atoms with E-state index in [1.54, 1.807) is 0 Å². The number of alkyl halides is 3. The number of hydrogen-bond acceptors (Lipinski definition) is 7. The second-order valence-corrected chi connectivity index (χ2v) is 8.48. The normalized spacial score (nSPS) is 29.5. The van der Waals surface area contributed by atoms with Crippen molar-refractivity contribution in [3.05, 3.63) is 16.4 Å². The molecule has 166 valence electrons. The van der Waals surface area contributed by atoms with Crippen molar-refractivity contribution in [2.45, 2.75) is 50.6 Å². The van der Waals surface area contributed by atoms with E-state index in [2.05, 4.69) is 4.98 Å². The highest BCUT2D eigenvalue weighted by Gasteiger charge is 2.47. The van der Waals surface area contributed by atoms with Crippen LogP contribution < -0.4 is 15.5 Å². The van der Waals surface area contributed by atoms with Gasteiger partial charge in [0.05, 0.1) is 12.6 Å². The van der Waals surface area contributed by atoms with E-state index in [-0.39, 0.29) is 37.1 Å². The molecule has 0 saturated carbocycles. The van der Waals surface area contributed by atoms with Crippen molar-refractivity contribution in [2.24, 2.45) is 5.92 Å². The van der Waals surface area contributed by atoms with E-state index in [4.69, 9.17) is 9.47 Å². The molecule has 3 atom stereocenters. The fraction of sp³-hybridized carbons (Fsp3) is 0.789. The molecule has 2 bridgehead atoms. The molecule has 5 heterocycles. The van der Waals surface area contributed by atoms with Crippen LogP contribution in [0.4, 0.5) is 24.9 Å². The molecule has 1 aromatic rings. The minimum absolute atomic E-state index is 0.0227. The van der Waals surface area contributed by atoms with E-state index in [0.29, 0.717) is 51.2 Å². The van der Waals surface area contributed by atoms with Gasteiger partial charge >= 0.3 is 6.18 Å². The van der Waals surface area contributed by atoms with Crippen molar-refractivity contribution in [1.29, 1.82) is 0 Å². The molecular formula is C19H26F3N5O3. The number of anilines is 2. The summed E-state index contributed by atoms with van der Waals surface area (Å²) >= 11 is 0. The molecule has 0 amide bonds. The fourth-order valence-corrected chi connectivity index (χ4v) is 4.90. The van der Waals surface area contributed by atoms with Crippen LogP contribution in [0.3, 0.4) is 0 Å². The highest BCUT2D eigenvalue weighted by atomic mass is 19.4. The first-order valence-corrected chi connectivity index (χ1v) is 10.6. The second-order valence-electron chi connectivity index (χ2n) is 8.48. The molecule has 11 heteroatoms. The molecule has 1 aromatic heterocycles. The summed E-state index contributed by atoms with van der Waals surface area (Å²) in [4.78, 5) is 18.7. The number of halogens is 3. The Morgan fingerprint density at radius 3 is 2.63 bits per heavy atom. The summed E-state index contributed by atoms with van der Waals surface area (Å²) in [6.07, 6.45) is -2.14. The van der Waals surface area contributed by atoms with Gasteiger partial charge in [-0.05, 0) is 31.6 Å². The van der Waals surface area contributed by atoms with Gasteiger partial charge in [0.1, 0.15) is 12.8 Å². The highest BCUT2D eigenvalue weighted by Crippen LogP contribution is 2.36. The summed E-state index contributed by atoms with van der Waals surface area (Å²) < 4.78 is 53.9. The molecule has 0 spiro atoms. The lowest BCUT2D eigenvalue weighted by molar-refractivity contribution is -0.152. The molecule has 0 radical (unpaired) electrons. The first kappa shape index (κ1) is 20.1. The fourth-order valence-electron chi connectivity index (χ4n) is 4.90. The van der Waals surface area contributed by atoms with Crippen LogP contribution in [-0.2, 0) is 16.0 Å². The van der Waals surface area contributed by atoms with Crippen LogP contribution in [0.15, 0.2) is 10.9 Å². The minimum Gasteiger partial charge on any atom is -0.381 e. The zero-order valence-corrected chi connectivity index (χ0v) is 16.7. The van der Waals surface area contributed by atoms with Gasteiger partial charge in [0, 0.05) is 38.9 Å². The van der Waals surface area contributed by atoms with Crippen molar-refractivity contribution >= 4 is 11.8 Å². The molecular weight excluding hydrogens is 403 g/mol. The Labute approximate surface area is 172 Å². The zero-order valence-electron chi connectivity index (χ0n) is 16.7. The summed E-state index contributed by atoms with van der Waals surface area (Å²) in [5, 5.41) is 3.78. The quantitative estimate of drug-likeness (QED) is 0.721. The van der Waals surface area contributed by atoms with Gasteiger partial charge in [-0.15, -0.1) is 0 Å². The lowest BCUT2D eigenvalue weighted by Gasteiger charge is -2.40. The van der Waals surface area contributed by atoms with Crippen LogP contribution in [0, 0.1) is 5.92 Å². The number of aromatic nitrogens is 2. The molecule has 30 heavy (non-hydrogen) atoms. The number of fused-ring (bicyclic) bond motifs is 3. The largest absolute Gasteiger partial charge is 0.408 e. The lowest BCUT2D eigenvalue weighted by Crippen LogP contribution is -2.53. The maximum atomic E-state index is 13.9. The van der Waals surface area contributed by atoms with Gasteiger partial charge in [-0.2, -0.15) is 23.2 Å². The molecule has 4 aliphatic heterocycles. The second kappa shape index (κ2) is 7.69. The van der Waals surface area contributed by atoms with Gasteiger partial charge in [-0.25, -0.2) is 0 Å². The highest BCUT2D eigenvalue weighted by molar-refractivity contribution is 5.47. The van der Waals surface area contributed by atoms with Crippen molar-refractivity contribution in [2.75, 3.05) is 49.5 Å². The smallest absolute Gasteiger partial charge is 0.381 e. The maximum Gasteiger partial charge on any atom is 0.408 e. The predicted octanol–water partition coefficient (Wildman–Crippen LogP) is 1.59. The van der Waals surface area contributed by atoms with E-state index in [1.807, 2.05) is 10.0 Å². The van der Waals surface area contributed by atoms with E-state index in [9.17, 15) is 18.0 Å². The first-order chi connectivity index (χ1) is 14.4. The number of ether oxygens (including phenoxy) is 2. The molecule has 0 N–H and O–H groups in total. The van der Waals surface area contributed by atoms with Crippen molar-refractivity contribution in [3.8, 4) is 0 Å². The Morgan fingerprint density at radius 2 is 1.97 bits per heavy atom. The van der Waals surface area contributed by atoms with Gasteiger partial charge < -0.3 is 14.4 Å². The lowest BCUT2D eigenvalue weighted by atomic mass is 9.96. The Hall–Kier alpha value is -1.85. The van der Waals surface area contributed by atoms with Crippen LogP contribution in [0.25, 0.3) is 0 Å². The van der Waals surface area contributed by atoms with Crippen LogP contribution in [0.5, 0.6) is 0 Å². The monoisotopic (exact) mass is 429 g/mol. The Bertz CT molecular complexity index is 842. The number of hydrazine groups is 1. The molecule has 8 nitrogen and oxygen atoms in total. The van der Waals surface area contributed by atoms with Crippen LogP contribution in [0.2, 0.25) is 0 Å². The minimum atomic E-state index is -4.38. The van der Waals surface area contributed by atoms with Crippen molar-refractivity contribution in [1.82, 2.24) is 14.6 Å². The van der Waals surface area contributed by atoms with Gasteiger partial charge in [0.25, 0.3) is 5.56 Å². The number of hydrogen-bond donors (Lipinski definition) is 0. The molecule has 1 unspecified atom stereocenters. The van der Waals surface area contributed by atoms with Crippen LogP contribution in [-0.4, -0.2) is 72.5 Å². The van der Waals surface area contributed by atoms with E-state index in [0.717, 1.165) is 12.8 Å². The van der Waals surface area contributed by atoms with Crippen molar-refractivity contribution in [3.63, 3.8) is 0 Å². The summed E-state index contributed by atoms with van der Waals surface area (Å²) in [6, 6.07) is -0.201. The molecule has 4 aliphatic rings. The third kappa shape index (κ3) is 3.67. The van der Waals surface area contributed by atoms with Gasteiger partial charge in [-0.1, -0.05) is 0 Å². The summed E-state index contributed by atoms with van der Waals surface area (Å²) in [5.74, 6) is 0.856. The first-order valence-electron chi connectivity index (χ1n) is 10.6. The average molecular weight is 429 g/mol. The third-order valence-electron chi connectivity index (χ3n) is 6.59. The Kier molecular flexibility index (Phi) is 5.14. The van der Waals surface area contributed by atoms with E-state index < -0.39 is 12.2 Å². The third-order valence-corrected chi connectivity index (χ3v) is 6.59. The maximum absolute atomic E-state index is 13.9. The van der Waals surface area contributed by atoms with Crippen LogP contribution in [0.1, 0.15) is 25.7 Å². The molecule has 0 aliphatic carbocycles. The van der Waals surface area contributed by atoms with Gasteiger partial charge in [0.15, 0.2) is 5.82 Å². The SMILES string of the molecule is O=c1cc(N2C[C@@H]3CN2CO3)nc2n1CC[C@@H](C(F)(F)F)N2CCC1CCOCC1. The number of nitrogens with zero attached hydrogens (tertiary/aromatic N) is 5. The molecule has 0 aromatic carbocycles. The summed E-state index contributed by atoms with van der Waals surface area (Å²) in [6.45, 7) is 3.22. The standard InChI is InChI=1S/C19H26F3N5O3/c20-19(21,22)15-2-6-26-17(28)9-16(27-11-14-10-24(27)12-30-14)23-18(26)25(15)5-1-13-3-7-29-8-4-13/h9,13-15H,1-8,10-12H2/t14-,15-/m0/s1. The van der Waals surface area contributed by atoms with E-state index in [1.165, 1.54) is 15.5 Å². The van der Waals surface area contributed by atoms with Crippen LogP contribution >= 0.6 is 0 Å². The molecule has 5 rings (SSSR count). The summed E-state index contributed by atoms with van der Waals surface area (Å²) in [7, 11) is 0. The zero-order chi connectivity index (χ0) is 20.9. The number of rotatable bonds is 4. The van der Waals surface area contributed by atoms with E-state index >= 15 is 0 Å². The summed E-state index contributed by atoms with van der Waals surface area (Å²) in [5.41, 5.74) is -0.309. The van der Waals surface area contributed by atoms with Gasteiger partial charge in [-0.3, -0.25) is 14.4 Å². The van der Waals surface area contributed by atoms with Crippen molar-refractivity contribution < 1.29 is 22.6 Å². The Balaban J connectivity index is 1.46. The molecule has 3 fully saturated rings. The van der Waals surface area contributed by atoms with Gasteiger partial charge in [0.2, 0.25) is 5.95 Å². The average Bonchev–Trinajstić information content (AvgIpc) is 3.35.